The number of hydrogen-bond donors (Lipinski definition) is 1. The van der Waals surface area contributed by atoms with Gasteiger partial charge in [-0.2, -0.15) is 0 Å². The molecule has 2 aromatic carbocycles. The average Bonchev–Trinajstić information content (AvgIpc) is 2.64. The Morgan fingerprint density at radius 2 is 1.52 bits per heavy atom. The Kier molecular flexibility index (Phi) is 3.96. The summed E-state index contributed by atoms with van der Waals surface area (Å²) in [6, 6.07) is 20.8. The van der Waals surface area contributed by atoms with E-state index in [0.717, 1.165) is 12.1 Å². The number of aliphatic hydroxyl groups is 1. The van der Waals surface area contributed by atoms with E-state index in [9.17, 15) is 5.11 Å². The smallest absolute Gasteiger partial charge is 0.0979 e. The van der Waals surface area contributed by atoms with Crippen molar-refractivity contribution >= 4 is 0 Å². The van der Waals surface area contributed by atoms with Crippen molar-refractivity contribution in [2.45, 2.75) is 24.9 Å². The number of benzene rings is 2. The molecule has 3 heterocycles. The van der Waals surface area contributed by atoms with Crippen molar-refractivity contribution in [2.24, 2.45) is 11.8 Å². The lowest BCUT2D eigenvalue weighted by atomic mass is 9.66. The van der Waals surface area contributed by atoms with E-state index in [4.69, 9.17) is 0 Å². The molecule has 5 rings (SSSR count). The zero-order valence-corrected chi connectivity index (χ0v) is 13.6. The van der Waals surface area contributed by atoms with Gasteiger partial charge < -0.3 is 10.0 Å². The van der Waals surface area contributed by atoms with Crippen molar-refractivity contribution in [1.29, 1.82) is 0 Å². The third-order valence-corrected chi connectivity index (χ3v) is 5.86. The van der Waals surface area contributed by atoms with E-state index in [1.54, 1.807) is 0 Å². The zero-order chi connectivity index (χ0) is 15.7. The van der Waals surface area contributed by atoms with Crippen molar-refractivity contribution < 1.29 is 5.11 Å². The minimum atomic E-state index is -0.771. The second kappa shape index (κ2) is 6.10. The molecule has 0 unspecified atom stereocenters. The van der Waals surface area contributed by atoms with E-state index >= 15 is 0 Å². The summed E-state index contributed by atoms with van der Waals surface area (Å²) >= 11 is 0. The van der Waals surface area contributed by atoms with E-state index in [2.05, 4.69) is 41.3 Å². The minimum Gasteiger partial charge on any atom is -0.384 e. The molecular formula is C21H25NO. The van der Waals surface area contributed by atoms with Crippen LogP contribution in [0.25, 0.3) is 0 Å². The molecule has 3 aliphatic rings. The molecule has 23 heavy (non-hydrogen) atoms. The molecule has 2 heteroatoms. The fraction of sp³-hybridized carbons (Fsp3) is 0.429. The van der Waals surface area contributed by atoms with E-state index in [1.165, 1.54) is 31.5 Å². The van der Waals surface area contributed by atoms with Crippen LogP contribution in [0.2, 0.25) is 0 Å². The van der Waals surface area contributed by atoms with Crippen LogP contribution in [-0.4, -0.2) is 29.6 Å². The van der Waals surface area contributed by atoms with Crippen LogP contribution in [0, 0.1) is 11.8 Å². The molecule has 2 atom stereocenters. The summed E-state index contributed by atoms with van der Waals surface area (Å²) in [6.45, 7) is 3.44. The summed E-state index contributed by atoms with van der Waals surface area (Å²) < 4.78 is 0. The molecule has 0 aliphatic carbocycles. The van der Waals surface area contributed by atoms with Gasteiger partial charge in [0.15, 0.2) is 0 Å². The lowest BCUT2D eigenvalue weighted by molar-refractivity contribution is -0.101. The van der Waals surface area contributed by atoms with Crippen molar-refractivity contribution in [2.75, 3.05) is 19.6 Å². The van der Waals surface area contributed by atoms with Gasteiger partial charge in [-0.05, 0) is 43.0 Å². The molecule has 0 amide bonds. The van der Waals surface area contributed by atoms with Crippen molar-refractivity contribution in [3.63, 3.8) is 0 Å². The molecule has 0 radical (unpaired) electrons. The third-order valence-electron chi connectivity index (χ3n) is 5.86. The van der Waals surface area contributed by atoms with Gasteiger partial charge in [-0.25, -0.2) is 0 Å². The van der Waals surface area contributed by atoms with Crippen LogP contribution in [0.15, 0.2) is 60.7 Å². The number of rotatable bonds is 4. The Bertz CT molecular complexity index is 633. The normalized spacial score (nSPS) is 29.2. The van der Waals surface area contributed by atoms with Crippen LogP contribution in [0.3, 0.4) is 0 Å². The van der Waals surface area contributed by atoms with Crippen molar-refractivity contribution in [3.8, 4) is 0 Å². The maximum Gasteiger partial charge on any atom is 0.0979 e. The lowest BCUT2D eigenvalue weighted by Crippen LogP contribution is -2.55. The third kappa shape index (κ3) is 2.82. The predicted molar refractivity (Wildman–Crippen MR) is 93.1 cm³/mol. The molecule has 2 nitrogen and oxygen atoms in total. The molecule has 0 spiro atoms. The molecule has 3 aliphatic heterocycles. The summed E-state index contributed by atoms with van der Waals surface area (Å²) in [5.41, 5.74) is 1.52. The molecule has 2 bridgehead atoms. The Hall–Kier alpha value is -1.64. The van der Waals surface area contributed by atoms with E-state index in [-0.39, 0.29) is 0 Å². The molecule has 0 aromatic heterocycles. The molecule has 2 aromatic rings. The van der Waals surface area contributed by atoms with Gasteiger partial charge in [0.2, 0.25) is 0 Å². The monoisotopic (exact) mass is 307 g/mol. The fourth-order valence-corrected chi connectivity index (χ4v) is 4.59. The number of nitrogens with zero attached hydrogens (tertiary/aromatic N) is 1. The maximum absolute atomic E-state index is 11.9. The average molecular weight is 307 g/mol. The quantitative estimate of drug-likeness (QED) is 0.935. The highest BCUT2D eigenvalue weighted by atomic mass is 16.3. The maximum atomic E-state index is 11.9. The second-order valence-electron chi connectivity index (χ2n) is 7.20. The van der Waals surface area contributed by atoms with Crippen molar-refractivity contribution in [1.82, 2.24) is 4.90 Å². The van der Waals surface area contributed by atoms with Crippen LogP contribution >= 0.6 is 0 Å². The summed E-state index contributed by atoms with van der Waals surface area (Å²) in [5, 5.41) is 11.9. The van der Waals surface area contributed by atoms with Crippen LogP contribution in [-0.2, 0) is 12.0 Å². The van der Waals surface area contributed by atoms with Crippen LogP contribution in [0.4, 0.5) is 0 Å². The highest BCUT2D eigenvalue weighted by Crippen LogP contribution is 2.45. The molecular weight excluding hydrogens is 282 g/mol. The molecule has 3 fully saturated rings. The summed E-state index contributed by atoms with van der Waals surface area (Å²) in [5.74, 6) is 0.974. The summed E-state index contributed by atoms with van der Waals surface area (Å²) in [4.78, 5) is 2.53. The minimum absolute atomic E-state index is 0.326. The number of piperidine rings is 3. The van der Waals surface area contributed by atoms with Crippen molar-refractivity contribution in [3.05, 3.63) is 71.8 Å². The summed E-state index contributed by atoms with van der Waals surface area (Å²) in [6.07, 6.45) is 3.16. The Balaban J connectivity index is 1.72. The van der Waals surface area contributed by atoms with Gasteiger partial charge >= 0.3 is 0 Å². The van der Waals surface area contributed by atoms with E-state index in [1.807, 2.05) is 24.3 Å². The molecule has 0 saturated carbocycles. The fourth-order valence-electron chi connectivity index (χ4n) is 4.59. The first kappa shape index (κ1) is 14.9. The Morgan fingerprint density at radius 3 is 2.09 bits per heavy atom. The Labute approximate surface area is 138 Å². The van der Waals surface area contributed by atoms with E-state index < -0.39 is 5.60 Å². The highest BCUT2D eigenvalue weighted by Gasteiger charge is 2.47. The second-order valence-corrected chi connectivity index (χ2v) is 7.20. The van der Waals surface area contributed by atoms with Gasteiger partial charge in [0, 0.05) is 18.9 Å². The molecule has 1 N–H and O–H groups in total. The largest absolute Gasteiger partial charge is 0.384 e. The zero-order valence-electron chi connectivity index (χ0n) is 13.6. The van der Waals surface area contributed by atoms with E-state index in [0.29, 0.717) is 18.3 Å². The van der Waals surface area contributed by atoms with Crippen LogP contribution < -0.4 is 0 Å². The summed E-state index contributed by atoms with van der Waals surface area (Å²) in [7, 11) is 0. The van der Waals surface area contributed by atoms with Gasteiger partial charge in [-0.1, -0.05) is 60.7 Å². The topological polar surface area (TPSA) is 23.5 Å². The first-order chi connectivity index (χ1) is 11.3. The highest BCUT2D eigenvalue weighted by molar-refractivity contribution is 5.29. The Morgan fingerprint density at radius 1 is 0.913 bits per heavy atom. The standard InChI is InChI=1S/C21H25NO/c23-21(19-9-5-2-6-10-19,15-17-7-3-1-4-8-17)20-16-22-13-11-18(20)12-14-22/h1-10,18,20,23H,11-16H2/t20-,21+/m0/s1. The lowest BCUT2D eigenvalue weighted by Gasteiger charge is -2.51. The number of fused-ring (bicyclic) bond motifs is 3. The van der Waals surface area contributed by atoms with Gasteiger partial charge in [0.25, 0.3) is 0 Å². The first-order valence-electron chi connectivity index (χ1n) is 8.80. The first-order valence-corrected chi connectivity index (χ1v) is 8.80. The number of hydrogen-bond acceptors (Lipinski definition) is 2. The van der Waals surface area contributed by atoms with Gasteiger partial charge in [0.1, 0.15) is 0 Å². The molecule has 120 valence electrons. The van der Waals surface area contributed by atoms with Gasteiger partial charge in [0.05, 0.1) is 5.60 Å². The van der Waals surface area contributed by atoms with Crippen LogP contribution in [0.1, 0.15) is 24.0 Å². The van der Waals surface area contributed by atoms with Crippen LogP contribution in [0.5, 0.6) is 0 Å². The SMILES string of the molecule is O[C@](Cc1ccccc1)(c1ccccc1)[C@H]1CN2CCC1CC2. The molecule has 3 saturated heterocycles. The van der Waals surface area contributed by atoms with Gasteiger partial charge in [-0.3, -0.25) is 0 Å². The van der Waals surface area contributed by atoms with Gasteiger partial charge in [-0.15, -0.1) is 0 Å². The predicted octanol–water partition coefficient (Wildman–Crippen LogP) is 3.46.